The summed E-state index contributed by atoms with van der Waals surface area (Å²) >= 11 is 0. The van der Waals surface area contributed by atoms with Gasteiger partial charge in [0.1, 0.15) is 5.82 Å². The SMILES string of the molecule is Nc1cc(C(=O)N2CCC3CCCCC3C2)ccn1. The molecule has 0 spiro atoms. The van der Waals surface area contributed by atoms with Crippen molar-refractivity contribution in [2.24, 2.45) is 11.8 Å². The van der Waals surface area contributed by atoms with E-state index in [9.17, 15) is 4.79 Å². The Balaban J connectivity index is 1.71. The average Bonchev–Trinajstić information content (AvgIpc) is 2.46. The minimum atomic E-state index is 0.109. The van der Waals surface area contributed by atoms with Crippen molar-refractivity contribution in [3.63, 3.8) is 0 Å². The second kappa shape index (κ2) is 5.19. The number of hydrogen-bond donors (Lipinski definition) is 1. The number of nitrogen functional groups attached to an aromatic ring is 1. The lowest BCUT2D eigenvalue weighted by Crippen LogP contribution is -2.44. The molecule has 1 aliphatic heterocycles. The lowest BCUT2D eigenvalue weighted by atomic mass is 9.75. The van der Waals surface area contributed by atoms with E-state index in [0.717, 1.165) is 25.4 Å². The molecule has 1 saturated heterocycles. The largest absolute Gasteiger partial charge is 0.384 e. The zero-order valence-electron chi connectivity index (χ0n) is 11.2. The maximum absolute atomic E-state index is 12.5. The molecule has 19 heavy (non-hydrogen) atoms. The molecule has 2 N–H and O–H groups in total. The summed E-state index contributed by atoms with van der Waals surface area (Å²) in [5.74, 6) is 2.09. The molecule has 1 aromatic rings. The summed E-state index contributed by atoms with van der Waals surface area (Å²) in [5.41, 5.74) is 6.32. The fourth-order valence-corrected chi connectivity index (χ4v) is 3.55. The predicted octanol–water partition coefficient (Wildman–Crippen LogP) is 2.32. The predicted molar refractivity (Wildman–Crippen MR) is 74.6 cm³/mol. The van der Waals surface area contributed by atoms with Gasteiger partial charge in [0, 0.05) is 24.8 Å². The van der Waals surface area contributed by atoms with Crippen molar-refractivity contribution in [1.29, 1.82) is 0 Å². The van der Waals surface area contributed by atoms with Crippen molar-refractivity contribution in [3.8, 4) is 0 Å². The van der Waals surface area contributed by atoms with Crippen LogP contribution in [0, 0.1) is 11.8 Å². The van der Waals surface area contributed by atoms with Gasteiger partial charge in [-0.2, -0.15) is 0 Å². The van der Waals surface area contributed by atoms with Gasteiger partial charge in [-0.05, 0) is 36.8 Å². The minimum absolute atomic E-state index is 0.109. The van der Waals surface area contributed by atoms with Crippen molar-refractivity contribution in [3.05, 3.63) is 23.9 Å². The van der Waals surface area contributed by atoms with E-state index in [1.807, 2.05) is 4.90 Å². The number of amides is 1. The van der Waals surface area contributed by atoms with Crippen LogP contribution in [-0.4, -0.2) is 28.9 Å². The molecule has 2 aliphatic rings. The van der Waals surface area contributed by atoms with Crippen LogP contribution in [-0.2, 0) is 0 Å². The topological polar surface area (TPSA) is 59.2 Å². The van der Waals surface area contributed by atoms with E-state index in [2.05, 4.69) is 4.98 Å². The minimum Gasteiger partial charge on any atom is -0.384 e. The highest BCUT2D eigenvalue weighted by molar-refractivity contribution is 5.94. The summed E-state index contributed by atoms with van der Waals surface area (Å²) in [6, 6.07) is 3.43. The fraction of sp³-hybridized carbons (Fsp3) is 0.600. The fourth-order valence-electron chi connectivity index (χ4n) is 3.55. The lowest BCUT2D eigenvalue weighted by molar-refractivity contribution is 0.0521. The number of aromatic nitrogens is 1. The van der Waals surface area contributed by atoms with Crippen molar-refractivity contribution < 1.29 is 4.79 Å². The molecule has 2 fully saturated rings. The second-order valence-corrected chi connectivity index (χ2v) is 5.81. The summed E-state index contributed by atoms with van der Waals surface area (Å²) in [5, 5.41) is 0. The molecule has 1 saturated carbocycles. The van der Waals surface area contributed by atoms with Crippen LogP contribution >= 0.6 is 0 Å². The van der Waals surface area contributed by atoms with Gasteiger partial charge in [-0.25, -0.2) is 4.98 Å². The van der Waals surface area contributed by atoms with Crippen LogP contribution in [0.3, 0.4) is 0 Å². The molecule has 0 aromatic carbocycles. The second-order valence-electron chi connectivity index (χ2n) is 5.81. The van der Waals surface area contributed by atoms with Crippen molar-refractivity contribution in [2.75, 3.05) is 18.8 Å². The highest BCUT2D eigenvalue weighted by Gasteiger charge is 2.33. The molecule has 102 valence electrons. The monoisotopic (exact) mass is 259 g/mol. The molecule has 4 heteroatoms. The van der Waals surface area contributed by atoms with Gasteiger partial charge in [0.25, 0.3) is 5.91 Å². The van der Waals surface area contributed by atoms with Crippen LogP contribution in [0.25, 0.3) is 0 Å². The Labute approximate surface area is 114 Å². The van der Waals surface area contributed by atoms with Crippen LogP contribution in [0.4, 0.5) is 5.82 Å². The number of likely N-dealkylation sites (tertiary alicyclic amines) is 1. The van der Waals surface area contributed by atoms with Gasteiger partial charge in [0.15, 0.2) is 0 Å². The highest BCUT2D eigenvalue weighted by atomic mass is 16.2. The molecule has 4 nitrogen and oxygen atoms in total. The summed E-state index contributed by atoms with van der Waals surface area (Å²) in [6.45, 7) is 1.81. The first-order valence-corrected chi connectivity index (χ1v) is 7.25. The number of nitrogens with two attached hydrogens (primary N) is 1. The first-order valence-electron chi connectivity index (χ1n) is 7.25. The van der Waals surface area contributed by atoms with Crippen LogP contribution in [0.1, 0.15) is 42.5 Å². The van der Waals surface area contributed by atoms with Gasteiger partial charge >= 0.3 is 0 Å². The average molecular weight is 259 g/mol. The first kappa shape index (κ1) is 12.5. The first-order chi connectivity index (χ1) is 9.24. The van der Waals surface area contributed by atoms with E-state index in [1.54, 1.807) is 18.3 Å². The Morgan fingerprint density at radius 2 is 2.05 bits per heavy atom. The Morgan fingerprint density at radius 1 is 1.26 bits per heavy atom. The van der Waals surface area contributed by atoms with Crippen LogP contribution in [0.2, 0.25) is 0 Å². The summed E-state index contributed by atoms with van der Waals surface area (Å²) in [6.07, 6.45) is 8.11. The third-order valence-corrected chi connectivity index (χ3v) is 4.61. The van der Waals surface area contributed by atoms with Gasteiger partial charge < -0.3 is 10.6 Å². The van der Waals surface area contributed by atoms with E-state index >= 15 is 0 Å². The smallest absolute Gasteiger partial charge is 0.254 e. The molecule has 1 aromatic heterocycles. The van der Waals surface area contributed by atoms with Gasteiger partial charge in [0.05, 0.1) is 0 Å². The van der Waals surface area contributed by atoms with Crippen LogP contribution < -0.4 is 5.73 Å². The third-order valence-electron chi connectivity index (χ3n) is 4.61. The number of rotatable bonds is 1. The number of anilines is 1. The molecule has 0 bridgehead atoms. The molecule has 2 unspecified atom stereocenters. The Bertz CT molecular complexity index is 474. The van der Waals surface area contributed by atoms with Gasteiger partial charge in [-0.15, -0.1) is 0 Å². The van der Waals surface area contributed by atoms with E-state index < -0.39 is 0 Å². The number of piperidine rings is 1. The van der Waals surface area contributed by atoms with Crippen LogP contribution in [0.5, 0.6) is 0 Å². The molecule has 1 aliphatic carbocycles. The molecule has 0 radical (unpaired) electrons. The Kier molecular flexibility index (Phi) is 3.40. The number of fused-ring (bicyclic) bond motifs is 1. The molecular weight excluding hydrogens is 238 g/mol. The van der Waals surface area contributed by atoms with E-state index in [4.69, 9.17) is 5.73 Å². The van der Waals surface area contributed by atoms with Gasteiger partial charge in [-0.3, -0.25) is 4.79 Å². The molecule has 2 heterocycles. The number of carbonyl (C=O) groups is 1. The maximum Gasteiger partial charge on any atom is 0.254 e. The van der Waals surface area contributed by atoms with Gasteiger partial charge in [-0.1, -0.05) is 19.3 Å². The summed E-state index contributed by atoms with van der Waals surface area (Å²) in [4.78, 5) is 18.4. The number of nitrogens with zero attached hydrogens (tertiary/aromatic N) is 2. The number of carbonyl (C=O) groups excluding carboxylic acids is 1. The van der Waals surface area contributed by atoms with Crippen molar-refractivity contribution >= 4 is 11.7 Å². The summed E-state index contributed by atoms with van der Waals surface area (Å²) in [7, 11) is 0. The Morgan fingerprint density at radius 3 is 2.84 bits per heavy atom. The van der Waals surface area contributed by atoms with Crippen molar-refractivity contribution in [1.82, 2.24) is 9.88 Å². The van der Waals surface area contributed by atoms with E-state index in [0.29, 0.717) is 17.3 Å². The molecule has 2 atom stereocenters. The maximum atomic E-state index is 12.5. The quantitative estimate of drug-likeness (QED) is 0.842. The Hall–Kier alpha value is -1.58. The third kappa shape index (κ3) is 2.57. The van der Waals surface area contributed by atoms with Crippen LogP contribution in [0.15, 0.2) is 18.3 Å². The van der Waals surface area contributed by atoms with E-state index in [-0.39, 0.29) is 5.91 Å². The molecular formula is C15H21N3O. The normalized spacial score (nSPS) is 26.8. The molecule has 1 amide bonds. The number of pyridine rings is 1. The van der Waals surface area contributed by atoms with Crippen molar-refractivity contribution in [2.45, 2.75) is 32.1 Å². The zero-order valence-corrected chi connectivity index (χ0v) is 11.2. The summed E-state index contributed by atoms with van der Waals surface area (Å²) < 4.78 is 0. The highest BCUT2D eigenvalue weighted by Crippen LogP contribution is 2.36. The zero-order chi connectivity index (χ0) is 13.2. The standard InChI is InChI=1S/C15H21N3O/c16-14-9-12(5-7-17-14)15(19)18-8-6-11-3-1-2-4-13(11)10-18/h5,7,9,11,13H,1-4,6,8,10H2,(H2,16,17). The van der Waals surface area contributed by atoms with Gasteiger partial charge in [0.2, 0.25) is 0 Å². The lowest BCUT2D eigenvalue weighted by Gasteiger charge is -2.41. The molecule has 3 rings (SSSR count). The van der Waals surface area contributed by atoms with E-state index in [1.165, 1.54) is 25.7 Å². The number of hydrogen-bond acceptors (Lipinski definition) is 3.